The van der Waals surface area contributed by atoms with E-state index in [-0.39, 0.29) is 0 Å². The Morgan fingerprint density at radius 2 is 1.89 bits per heavy atom. The van der Waals surface area contributed by atoms with Crippen LogP contribution in [0.4, 0.5) is 5.69 Å². The number of ether oxygens (including phenoxy) is 1. The van der Waals surface area contributed by atoms with E-state index in [0.717, 1.165) is 10.9 Å². The van der Waals surface area contributed by atoms with Crippen molar-refractivity contribution >= 4 is 16.6 Å². The maximum absolute atomic E-state index is 5.79. The minimum atomic E-state index is 0.666. The molecule has 3 aromatic rings. The van der Waals surface area contributed by atoms with Crippen LogP contribution in [-0.2, 0) is 0 Å². The average Bonchev–Trinajstić information content (AvgIpc) is 2.39. The van der Waals surface area contributed by atoms with Gasteiger partial charge in [-0.1, -0.05) is 18.2 Å². The van der Waals surface area contributed by atoms with Crippen LogP contribution in [0.5, 0.6) is 11.5 Å². The fraction of sp³-hybridized carbons (Fsp3) is 0. The van der Waals surface area contributed by atoms with Crippen molar-refractivity contribution in [2.75, 3.05) is 5.73 Å². The highest BCUT2D eigenvalue weighted by Gasteiger charge is 2.04. The molecule has 0 aliphatic carbocycles. The summed E-state index contributed by atoms with van der Waals surface area (Å²) in [5, 5.41) is 8.90. The van der Waals surface area contributed by atoms with E-state index in [1.807, 2.05) is 42.5 Å². The molecular weight excluding hydrogens is 226 g/mol. The fourth-order valence-corrected chi connectivity index (χ4v) is 1.77. The first-order valence-corrected chi connectivity index (χ1v) is 5.57. The highest BCUT2D eigenvalue weighted by atomic mass is 16.5. The van der Waals surface area contributed by atoms with Crippen LogP contribution in [0, 0.1) is 0 Å². The first kappa shape index (κ1) is 10.5. The molecule has 1 aromatic heterocycles. The van der Waals surface area contributed by atoms with E-state index < -0.39 is 0 Å². The maximum atomic E-state index is 5.79. The Morgan fingerprint density at radius 1 is 1.00 bits per heavy atom. The van der Waals surface area contributed by atoms with Crippen LogP contribution in [0.1, 0.15) is 0 Å². The van der Waals surface area contributed by atoms with Crippen LogP contribution >= 0.6 is 0 Å². The van der Waals surface area contributed by atoms with Crippen molar-refractivity contribution in [3.05, 3.63) is 54.7 Å². The number of nitrogens with zero attached hydrogens (tertiary/aromatic N) is 2. The number of hydrogen-bond acceptors (Lipinski definition) is 4. The zero-order chi connectivity index (χ0) is 12.4. The molecule has 1 heterocycles. The van der Waals surface area contributed by atoms with E-state index >= 15 is 0 Å². The Kier molecular flexibility index (Phi) is 2.53. The summed E-state index contributed by atoms with van der Waals surface area (Å²) in [4.78, 5) is 0. The molecule has 0 spiro atoms. The third-order valence-corrected chi connectivity index (χ3v) is 2.60. The summed E-state index contributed by atoms with van der Waals surface area (Å²) in [6.45, 7) is 0. The fourth-order valence-electron chi connectivity index (χ4n) is 1.77. The molecule has 0 atom stereocenters. The van der Waals surface area contributed by atoms with Crippen molar-refractivity contribution in [1.29, 1.82) is 0 Å². The lowest BCUT2D eigenvalue weighted by Crippen LogP contribution is -1.91. The van der Waals surface area contributed by atoms with Gasteiger partial charge in [0.1, 0.15) is 5.75 Å². The average molecular weight is 237 g/mol. The molecule has 88 valence electrons. The van der Waals surface area contributed by atoms with Gasteiger partial charge in [0, 0.05) is 17.1 Å². The van der Waals surface area contributed by atoms with E-state index in [9.17, 15) is 0 Å². The number of rotatable bonds is 2. The van der Waals surface area contributed by atoms with Crippen LogP contribution in [0.25, 0.3) is 10.9 Å². The second-order valence-electron chi connectivity index (χ2n) is 3.90. The van der Waals surface area contributed by atoms with Crippen LogP contribution in [0.2, 0.25) is 0 Å². The van der Waals surface area contributed by atoms with Crippen molar-refractivity contribution < 1.29 is 4.74 Å². The lowest BCUT2D eigenvalue weighted by atomic mass is 10.2. The predicted octanol–water partition coefficient (Wildman–Crippen LogP) is 3.00. The van der Waals surface area contributed by atoms with Crippen LogP contribution in [0.15, 0.2) is 54.7 Å². The van der Waals surface area contributed by atoms with E-state index in [4.69, 9.17) is 10.5 Å². The predicted molar refractivity (Wildman–Crippen MR) is 70.5 cm³/mol. The number of anilines is 1. The van der Waals surface area contributed by atoms with E-state index in [2.05, 4.69) is 10.2 Å². The van der Waals surface area contributed by atoms with Crippen molar-refractivity contribution in [2.24, 2.45) is 0 Å². The summed E-state index contributed by atoms with van der Waals surface area (Å²) in [5.74, 6) is 1.36. The van der Waals surface area contributed by atoms with Gasteiger partial charge < -0.3 is 10.5 Å². The molecule has 4 nitrogen and oxygen atoms in total. The number of aromatic nitrogens is 2. The Balaban J connectivity index is 2.05. The minimum absolute atomic E-state index is 0.666. The minimum Gasteiger partial charge on any atom is -0.455 e. The highest BCUT2D eigenvalue weighted by Crippen LogP contribution is 2.28. The van der Waals surface area contributed by atoms with Gasteiger partial charge in [-0.15, -0.1) is 0 Å². The number of nitrogens with two attached hydrogens (primary N) is 1. The number of benzene rings is 2. The molecule has 2 aromatic carbocycles. The van der Waals surface area contributed by atoms with Crippen molar-refractivity contribution in [2.45, 2.75) is 0 Å². The van der Waals surface area contributed by atoms with E-state index in [1.54, 1.807) is 12.3 Å². The quantitative estimate of drug-likeness (QED) is 0.696. The third-order valence-electron chi connectivity index (χ3n) is 2.60. The van der Waals surface area contributed by atoms with E-state index in [1.165, 1.54) is 0 Å². The molecule has 0 saturated heterocycles. The zero-order valence-electron chi connectivity index (χ0n) is 9.58. The van der Waals surface area contributed by atoms with Gasteiger partial charge in [-0.2, -0.15) is 10.2 Å². The van der Waals surface area contributed by atoms with Gasteiger partial charge >= 0.3 is 0 Å². The second kappa shape index (κ2) is 4.33. The molecular formula is C14H11N3O. The van der Waals surface area contributed by atoms with Crippen molar-refractivity contribution in [1.82, 2.24) is 10.2 Å². The molecule has 0 aliphatic rings. The third kappa shape index (κ3) is 1.96. The second-order valence-corrected chi connectivity index (χ2v) is 3.90. The van der Waals surface area contributed by atoms with Gasteiger partial charge in [0.25, 0.3) is 0 Å². The molecule has 0 aliphatic heterocycles. The first-order chi connectivity index (χ1) is 8.83. The van der Waals surface area contributed by atoms with Crippen molar-refractivity contribution in [3.63, 3.8) is 0 Å². The Hall–Kier alpha value is -2.62. The van der Waals surface area contributed by atoms with Crippen molar-refractivity contribution in [3.8, 4) is 11.5 Å². The monoisotopic (exact) mass is 237 g/mol. The van der Waals surface area contributed by atoms with Gasteiger partial charge in [0.15, 0.2) is 5.75 Å². The summed E-state index contributed by atoms with van der Waals surface area (Å²) in [6, 6.07) is 15.0. The van der Waals surface area contributed by atoms with Gasteiger partial charge in [-0.25, -0.2) is 0 Å². The summed E-state index contributed by atoms with van der Waals surface area (Å²) < 4.78 is 5.79. The zero-order valence-corrected chi connectivity index (χ0v) is 9.58. The Bertz CT molecular complexity index is 692. The molecule has 18 heavy (non-hydrogen) atoms. The summed E-state index contributed by atoms with van der Waals surface area (Å²) in [7, 11) is 0. The molecule has 3 rings (SSSR count). The lowest BCUT2D eigenvalue weighted by molar-refractivity contribution is 0.485. The number of fused-ring (bicyclic) bond motifs is 1. The number of hydrogen-bond donors (Lipinski definition) is 1. The Labute approximate surface area is 104 Å². The van der Waals surface area contributed by atoms with Gasteiger partial charge in [-0.3, -0.25) is 0 Å². The van der Waals surface area contributed by atoms with Gasteiger partial charge in [0.05, 0.1) is 11.7 Å². The summed E-state index contributed by atoms with van der Waals surface area (Å²) in [5.41, 5.74) is 7.19. The standard InChI is InChI=1S/C14H11N3O/c15-10-4-3-5-11(8-10)18-14-9-16-17-13-7-2-1-6-12(13)14/h1-9H,15H2. The molecule has 0 amide bonds. The first-order valence-electron chi connectivity index (χ1n) is 5.57. The lowest BCUT2D eigenvalue weighted by Gasteiger charge is -2.07. The molecule has 0 unspecified atom stereocenters. The number of nitrogen functional groups attached to an aromatic ring is 1. The van der Waals surface area contributed by atoms with Crippen LogP contribution in [0.3, 0.4) is 0 Å². The molecule has 0 fully saturated rings. The topological polar surface area (TPSA) is 61.0 Å². The molecule has 4 heteroatoms. The van der Waals surface area contributed by atoms with Gasteiger partial charge in [0.2, 0.25) is 0 Å². The normalized spacial score (nSPS) is 10.4. The van der Waals surface area contributed by atoms with Gasteiger partial charge in [-0.05, 0) is 24.3 Å². The van der Waals surface area contributed by atoms with Crippen LogP contribution < -0.4 is 10.5 Å². The maximum Gasteiger partial charge on any atom is 0.156 e. The molecule has 2 N–H and O–H groups in total. The molecule has 0 radical (unpaired) electrons. The largest absolute Gasteiger partial charge is 0.455 e. The SMILES string of the molecule is Nc1cccc(Oc2cnnc3ccccc23)c1. The summed E-state index contributed by atoms with van der Waals surface area (Å²) >= 11 is 0. The molecule has 0 saturated carbocycles. The Morgan fingerprint density at radius 3 is 2.78 bits per heavy atom. The van der Waals surface area contributed by atoms with E-state index in [0.29, 0.717) is 17.2 Å². The smallest absolute Gasteiger partial charge is 0.156 e. The summed E-state index contributed by atoms with van der Waals surface area (Å²) in [6.07, 6.45) is 1.60. The highest BCUT2D eigenvalue weighted by molar-refractivity contribution is 5.84. The molecule has 0 bridgehead atoms. The van der Waals surface area contributed by atoms with Crippen LogP contribution in [-0.4, -0.2) is 10.2 Å².